The first kappa shape index (κ1) is 58.5. The molecule has 310 valence electrons. The molecule has 0 heterocycles. The molecule has 2 atom stereocenters. The number of allylic oxidation sites excluding steroid dienone is 2. The van der Waals surface area contributed by atoms with Crippen molar-refractivity contribution in [1.29, 1.82) is 0 Å². The molecule has 0 rings (SSSR count). The molecule has 0 bridgehead atoms. The van der Waals surface area contributed by atoms with Crippen molar-refractivity contribution in [2.24, 2.45) is 5.73 Å². The van der Waals surface area contributed by atoms with Crippen LogP contribution >= 0.6 is 0 Å². The number of carbonyl (C=O) groups is 2. The van der Waals surface area contributed by atoms with Crippen LogP contribution in [0, 0.1) is 0 Å². The van der Waals surface area contributed by atoms with Crippen LogP contribution in [0.2, 0.25) is 0 Å². The van der Waals surface area contributed by atoms with Crippen molar-refractivity contribution in [3.63, 3.8) is 0 Å². The van der Waals surface area contributed by atoms with Gasteiger partial charge in [0.15, 0.2) is 0 Å². The molecule has 4 N–H and O–H groups in total. The fourth-order valence-electron chi connectivity index (χ4n) is 5.18. The van der Waals surface area contributed by atoms with Crippen LogP contribution in [0.4, 0.5) is 4.79 Å². The Kier molecular flexibility index (Phi) is 55.4. The van der Waals surface area contributed by atoms with E-state index in [2.05, 4.69) is 30.6 Å². The monoisotopic (exact) mass is 730 g/mol. The van der Waals surface area contributed by atoms with E-state index in [4.69, 9.17) is 15.2 Å². The Hall–Kier alpha value is -1.76. The van der Waals surface area contributed by atoms with Gasteiger partial charge in [-0.25, -0.2) is 4.79 Å². The number of unbranched alkanes of at least 4 members (excludes halogenated alkanes) is 17. The van der Waals surface area contributed by atoms with E-state index in [1.165, 1.54) is 109 Å². The number of carbonyl (C=O) groups excluding carboxylic acids is 2. The van der Waals surface area contributed by atoms with Gasteiger partial charge in [0, 0.05) is 0 Å². The van der Waals surface area contributed by atoms with E-state index < -0.39 is 17.7 Å². The predicted molar refractivity (Wildman–Crippen MR) is 228 cm³/mol. The molecule has 0 fully saturated rings. The fourth-order valence-corrected chi connectivity index (χ4v) is 5.18. The molecular formula is C44H95N3O4. The van der Waals surface area contributed by atoms with Crippen LogP contribution in [0.1, 0.15) is 232 Å². The molecule has 0 aliphatic rings. The van der Waals surface area contributed by atoms with Crippen LogP contribution in [0.3, 0.4) is 0 Å². The van der Waals surface area contributed by atoms with Gasteiger partial charge in [0.2, 0.25) is 5.91 Å². The number of nitrogens with two attached hydrogens (primary N) is 1. The Morgan fingerprint density at radius 2 is 1.06 bits per heavy atom. The van der Waals surface area contributed by atoms with Gasteiger partial charge < -0.3 is 25.8 Å². The van der Waals surface area contributed by atoms with Crippen LogP contribution in [0.25, 0.3) is 0 Å². The van der Waals surface area contributed by atoms with Crippen LogP contribution in [0.15, 0.2) is 11.8 Å². The molecule has 0 aromatic carbocycles. The molecule has 0 aliphatic carbocycles. The first-order valence-electron chi connectivity index (χ1n) is 21.9. The van der Waals surface area contributed by atoms with Gasteiger partial charge in [-0.15, -0.1) is 0 Å². The lowest BCUT2D eigenvalue weighted by molar-refractivity contribution is -0.123. The highest BCUT2D eigenvalue weighted by Gasteiger charge is 2.24. The summed E-state index contributed by atoms with van der Waals surface area (Å²) in [6.07, 6.45) is 27.1. The lowest BCUT2D eigenvalue weighted by Gasteiger charge is -2.24. The maximum atomic E-state index is 13.0. The predicted octanol–water partition coefficient (Wildman–Crippen LogP) is 13.6. The summed E-state index contributed by atoms with van der Waals surface area (Å²) in [5.74, 6) is 0.674. The van der Waals surface area contributed by atoms with E-state index in [1.54, 1.807) is 20.8 Å². The molecule has 0 radical (unpaired) electrons. The summed E-state index contributed by atoms with van der Waals surface area (Å²) in [5.41, 5.74) is 5.10. The van der Waals surface area contributed by atoms with E-state index >= 15 is 0 Å². The van der Waals surface area contributed by atoms with Crippen LogP contribution in [0.5, 0.6) is 0 Å². The maximum Gasteiger partial charge on any atom is 0.408 e. The van der Waals surface area contributed by atoms with E-state index in [0.717, 1.165) is 25.0 Å². The summed E-state index contributed by atoms with van der Waals surface area (Å²) in [7, 11) is 0. The van der Waals surface area contributed by atoms with E-state index in [0.29, 0.717) is 13.0 Å². The van der Waals surface area contributed by atoms with Gasteiger partial charge in [0.25, 0.3) is 0 Å². The number of hydrogen-bond acceptors (Lipinski definition) is 5. The Morgan fingerprint density at radius 3 is 1.47 bits per heavy atom. The molecule has 7 nitrogen and oxygen atoms in total. The minimum Gasteiger partial charge on any atom is -0.494 e. The quantitative estimate of drug-likeness (QED) is 0.0549. The number of alkyl carbamates (subject to hydrolysis) is 1. The summed E-state index contributed by atoms with van der Waals surface area (Å²) < 4.78 is 11.7. The number of ether oxygens (including phenoxy) is 2. The molecule has 0 spiro atoms. The molecule has 2 amide bonds. The third-order valence-corrected chi connectivity index (χ3v) is 7.69. The molecular weight excluding hydrogens is 635 g/mol. The zero-order valence-corrected chi connectivity index (χ0v) is 37.2. The summed E-state index contributed by atoms with van der Waals surface area (Å²) in [5, 5.41) is 5.69. The molecule has 7 heteroatoms. The second kappa shape index (κ2) is 48.2. The largest absolute Gasteiger partial charge is 0.494 e. The van der Waals surface area contributed by atoms with Gasteiger partial charge in [-0.05, 0) is 72.4 Å². The number of hydrogen-bond donors (Lipinski definition) is 3. The lowest BCUT2D eigenvalue weighted by Crippen LogP contribution is -2.50. The highest BCUT2D eigenvalue weighted by atomic mass is 16.6. The molecule has 0 saturated heterocycles. The van der Waals surface area contributed by atoms with Gasteiger partial charge in [-0.1, -0.05) is 172 Å². The first-order chi connectivity index (χ1) is 24.6. The zero-order chi connectivity index (χ0) is 40.2. The van der Waals surface area contributed by atoms with Crippen molar-refractivity contribution in [2.45, 2.75) is 250 Å². The smallest absolute Gasteiger partial charge is 0.408 e. The van der Waals surface area contributed by atoms with Crippen molar-refractivity contribution < 1.29 is 19.1 Å². The third kappa shape index (κ3) is 48.2. The first-order valence-corrected chi connectivity index (χ1v) is 21.9. The van der Waals surface area contributed by atoms with Gasteiger partial charge in [0.05, 0.1) is 12.3 Å². The Bertz CT molecular complexity index is 707. The molecule has 0 aromatic heterocycles. The van der Waals surface area contributed by atoms with E-state index in [1.807, 2.05) is 62.3 Å². The van der Waals surface area contributed by atoms with Crippen LogP contribution in [-0.2, 0) is 14.3 Å². The van der Waals surface area contributed by atoms with Gasteiger partial charge in [-0.3, -0.25) is 4.79 Å². The molecule has 0 aliphatic heterocycles. The topological polar surface area (TPSA) is 103 Å². The van der Waals surface area contributed by atoms with Crippen LogP contribution in [-0.4, -0.2) is 42.8 Å². The molecule has 0 saturated carbocycles. The van der Waals surface area contributed by atoms with Crippen LogP contribution < -0.4 is 16.4 Å². The standard InChI is InChI=1S/C36H71N3O4.4C2H6/c1-7-9-11-13-15-17-19-21-23-25-27-32(42-31(3)26-24-22-20-18-16-14-12-10-8-2)30-38-34(40)33(28-29-37)39-35(41)43-36(4,5)6;4*1-2/h26,32-33H,7-25,27-30,37H2,1-6H3,(H,38,40)(H,39,41);4*1-2H3/b31-26+;;;;/t32?,33-;;;;/m1..../s1. The highest BCUT2D eigenvalue weighted by Crippen LogP contribution is 2.16. The van der Waals surface area contributed by atoms with Crippen molar-refractivity contribution in [2.75, 3.05) is 13.1 Å². The lowest BCUT2D eigenvalue weighted by atomic mass is 10.0. The number of nitrogens with one attached hydrogen (secondary N) is 2. The van der Waals surface area contributed by atoms with Gasteiger partial charge in [0.1, 0.15) is 17.7 Å². The van der Waals surface area contributed by atoms with Crippen molar-refractivity contribution >= 4 is 12.0 Å². The maximum absolute atomic E-state index is 13.0. The summed E-state index contributed by atoms with van der Waals surface area (Å²) in [6, 6.07) is -0.739. The van der Waals surface area contributed by atoms with E-state index in [9.17, 15) is 9.59 Å². The zero-order valence-electron chi connectivity index (χ0n) is 37.2. The normalized spacial score (nSPS) is 11.8. The Labute approximate surface area is 321 Å². The minimum atomic E-state index is -0.739. The van der Waals surface area contributed by atoms with Gasteiger partial charge >= 0.3 is 6.09 Å². The Balaban J connectivity index is -0.000000818. The fraction of sp³-hybridized carbons (Fsp3) is 0.909. The average Bonchev–Trinajstić information content (AvgIpc) is 3.12. The Morgan fingerprint density at radius 1 is 0.647 bits per heavy atom. The third-order valence-electron chi connectivity index (χ3n) is 7.69. The number of amides is 2. The summed E-state index contributed by atoms with van der Waals surface area (Å²) in [6.45, 7) is 28.6. The van der Waals surface area contributed by atoms with Gasteiger partial charge in [-0.2, -0.15) is 0 Å². The molecule has 1 unspecified atom stereocenters. The number of rotatable bonds is 28. The average molecular weight is 730 g/mol. The van der Waals surface area contributed by atoms with Crippen molar-refractivity contribution in [3.05, 3.63) is 11.8 Å². The SMILES string of the molecule is CC.CC.CC.CC.CCCCCCCCCC/C=C(\C)OC(CCCCCCCCCCCC)CNC(=O)[C@@H](CCN)NC(=O)OC(C)(C)C. The van der Waals surface area contributed by atoms with Crippen molar-refractivity contribution in [1.82, 2.24) is 10.6 Å². The minimum absolute atomic E-state index is 0.104. The second-order valence-electron chi connectivity index (χ2n) is 13.3. The van der Waals surface area contributed by atoms with Crippen molar-refractivity contribution in [3.8, 4) is 0 Å². The second-order valence-corrected chi connectivity index (χ2v) is 13.3. The molecule has 0 aromatic rings. The molecule has 51 heavy (non-hydrogen) atoms. The highest BCUT2D eigenvalue weighted by molar-refractivity contribution is 5.85. The summed E-state index contributed by atoms with van der Waals surface area (Å²) >= 11 is 0. The van der Waals surface area contributed by atoms with E-state index in [-0.39, 0.29) is 18.6 Å². The summed E-state index contributed by atoms with van der Waals surface area (Å²) in [4.78, 5) is 25.3.